The van der Waals surface area contributed by atoms with E-state index in [0.717, 1.165) is 18.8 Å². The zero-order chi connectivity index (χ0) is 11.5. The highest BCUT2D eigenvalue weighted by molar-refractivity contribution is 5.34. The first-order valence-electron chi connectivity index (χ1n) is 5.74. The van der Waals surface area contributed by atoms with Crippen LogP contribution in [0.4, 0.5) is 0 Å². The second-order valence-electron chi connectivity index (χ2n) is 4.43. The Balaban J connectivity index is 2.05. The fourth-order valence-corrected chi connectivity index (χ4v) is 1.81. The monoisotopic (exact) mass is 221 g/mol. The van der Waals surface area contributed by atoms with Gasteiger partial charge in [-0.15, -0.1) is 0 Å². The maximum absolute atomic E-state index is 5.99. The van der Waals surface area contributed by atoms with Crippen molar-refractivity contribution in [2.24, 2.45) is 5.73 Å². The molecule has 1 fully saturated rings. The average Bonchev–Trinajstić information content (AvgIpc) is 2.27. The number of rotatable bonds is 2. The van der Waals surface area contributed by atoms with Crippen LogP contribution in [0.5, 0.6) is 5.75 Å². The number of benzene rings is 1. The second kappa shape index (κ2) is 4.85. The molecule has 0 bridgehead atoms. The standard InChI is InChI=1S/C13H19NO2/c1-9-3-4-11(7-10(9)2)16-13-8-15-6-5-12(13)14/h3-4,7,12-13H,5-6,8,14H2,1-2H3. The molecule has 0 spiro atoms. The first-order valence-corrected chi connectivity index (χ1v) is 5.74. The summed E-state index contributed by atoms with van der Waals surface area (Å²) >= 11 is 0. The van der Waals surface area contributed by atoms with Gasteiger partial charge in [0.25, 0.3) is 0 Å². The second-order valence-corrected chi connectivity index (χ2v) is 4.43. The van der Waals surface area contributed by atoms with Gasteiger partial charge in [-0.05, 0) is 43.5 Å². The average molecular weight is 221 g/mol. The molecule has 0 saturated carbocycles. The zero-order valence-electron chi connectivity index (χ0n) is 9.90. The molecule has 1 aromatic rings. The molecule has 88 valence electrons. The van der Waals surface area contributed by atoms with Gasteiger partial charge in [0, 0.05) is 12.6 Å². The topological polar surface area (TPSA) is 44.5 Å². The molecule has 2 unspecified atom stereocenters. The predicted octanol–water partition coefficient (Wildman–Crippen LogP) is 1.80. The van der Waals surface area contributed by atoms with Crippen molar-refractivity contribution in [3.05, 3.63) is 29.3 Å². The fourth-order valence-electron chi connectivity index (χ4n) is 1.81. The maximum Gasteiger partial charge on any atom is 0.137 e. The Hall–Kier alpha value is -1.06. The Morgan fingerprint density at radius 2 is 2.12 bits per heavy atom. The molecule has 0 amide bonds. The Morgan fingerprint density at radius 1 is 1.31 bits per heavy atom. The Labute approximate surface area is 96.5 Å². The lowest BCUT2D eigenvalue weighted by Gasteiger charge is -2.29. The summed E-state index contributed by atoms with van der Waals surface area (Å²) < 4.78 is 11.2. The summed E-state index contributed by atoms with van der Waals surface area (Å²) in [6, 6.07) is 6.19. The van der Waals surface area contributed by atoms with Gasteiger partial charge in [0.15, 0.2) is 0 Å². The lowest BCUT2D eigenvalue weighted by molar-refractivity contribution is -0.00533. The van der Waals surface area contributed by atoms with Crippen LogP contribution >= 0.6 is 0 Å². The largest absolute Gasteiger partial charge is 0.486 e. The van der Waals surface area contributed by atoms with E-state index in [1.807, 2.05) is 6.07 Å². The summed E-state index contributed by atoms with van der Waals surface area (Å²) in [6.07, 6.45) is 0.853. The number of nitrogens with two attached hydrogens (primary N) is 1. The normalized spacial score (nSPS) is 25.4. The Morgan fingerprint density at radius 3 is 2.81 bits per heavy atom. The molecule has 1 aliphatic rings. The molecular weight excluding hydrogens is 202 g/mol. The van der Waals surface area contributed by atoms with E-state index < -0.39 is 0 Å². The van der Waals surface area contributed by atoms with Crippen molar-refractivity contribution in [1.29, 1.82) is 0 Å². The molecule has 2 rings (SSSR count). The molecular formula is C13H19NO2. The minimum absolute atomic E-state index is 0.0177. The van der Waals surface area contributed by atoms with Gasteiger partial charge in [0.1, 0.15) is 11.9 Å². The maximum atomic E-state index is 5.99. The highest BCUT2D eigenvalue weighted by Gasteiger charge is 2.24. The van der Waals surface area contributed by atoms with Gasteiger partial charge < -0.3 is 15.2 Å². The molecule has 3 heteroatoms. The molecule has 16 heavy (non-hydrogen) atoms. The van der Waals surface area contributed by atoms with Crippen LogP contribution < -0.4 is 10.5 Å². The van der Waals surface area contributed by atoms with Gasteiger partial charge in [-0.2, -0.15) is 0 Å². The molecule has 1 heterocycles. The number of hydrogen-bond acceptors (Lipinski definition) is 3. The molecule has 2 atom stereocenters. The van der Waals surface area contributed by atoms with Crippen LogP contribution in [0.3, 0.4) is 0 Å². The van der Waals surface area contributed by atoms with E-state index in [9.17, 15) is 0 Å². The number of hydrogen-bond donors (Lipinski definition) is 1. The summed E-state index contributed by atoms with van der Waals surface area (Å²) in [7, 11) is 0. The van der Waals surface area contributed by atoms with E-state index in [4.69, 9.17) is 15.2 Å². The summed E-state index contributed by atoms with van der Waals surface area (Å²) in [5.41, 5.74) is 8.50. The van der Waals surface area contributed by atoms with Crippen molar-refractivity contribution in [3.63, 3.8) is 0 Å². The minimum atomic E-state index is -0.0177. The summed E-state index contributed by atoms with van der Waals surface area (Å²) in [4.78, 5) is 0. The quantitative estimate of drug-likeness (QED) is 0.828. The van der Waals surface area contributed by atoms with Crippen molar-refractivity contribution in [2.75, 3.05) is 13.2 Å². The molecule has 2 N–H and O–H groups in total. The van der Waals surface area contributed by atoms with Gasteiger partial charge in [0.2, 0.25) is 0 Å². The van der Waals surface area contributed by atoms with Crippen molar-refractivity contribution < 1.29 is 9.47 Å². The van der Waals surface area contributed by atoms with Gasteiger partial charge in [-0.3, -0.25) is 0 Å². The van der Waals surface area contributed by atoms with Crippen molar-refractivity contribution >= 4 is 0 Å². The number of aryl methyl sites for hydroxylation is 2. The molecule has 0 aliphatic carbocycles. The highest BCUT2D eigenvalue weighted by atomic mass is 16.5. The third-order valence-corrected chi connectivity index (χ3v) is 3.12. The van der Waals surface area contributed by atoms with E-state index >= 15 is 0 Å². The van der Waals surface area contributed by atoms with Gasteiger partial charge >= 0.3 is 0 Å². The minimum Gasteiger partial charge on any atom is -0.486 e. The Bertz CT molecular complexity index is 365. The van der Waals surface area contributed by atoms with Crippen molar-refractivity contribution in [3.8, 4) is 5.75 Å². The molecule has 1 aliphatic heterocycles. The van der Waals surface area contributed by atoms with Gasteiger partial charge in [0.05, 0.1) is 6.61 Å². The lowest BCUT2D eigenvalue weighted by atomic mass is 10.1. The summed E-state index contributed by atoms with van der Waals surface area (Å²) in [5, 5.41) is 0. The fraction of sp³-hybridized carbons (Fsp3) is 0.538. The van der Waals surface area contributed by atoms with Crippen LogP contribution in [0.2, 0.25) is 0 Å². The third kappa shape index (κ3) is 2.54. The van der Waals surface area contributed by atoms with Gasteiger partial charge in [-0.1, -0.05) is 6.07 Å². The number of ether oxygens (including phenoxy) is 2. The first-order chi connectivity index (χ1) is 7.66. The van der Waals surface area contributed by atoms with Crippen LogP contribution in [-0.4, -0.2) is 25.4 Å². The van der Waals surface area contributed by atoms with E-state index in [0.29, 0.717) is 6.61 Å². The SMILES string of the molecule is Cc1ccc(OC2COCCC2N)cc1C. The van der Waals surface area contributed by atoms with E-state index in [2.05, 4.69) is 26.0 Å². The Kier molecular flexibility index (Phi) is 3.46. The van der Waals surface area contributed by atoms with Crippen LogP contribution in [0.1, 0.15) is 17.5 Å². The summed E-state index contributed by atoms with van der Waals surface area (Å²) in [5.74, 6) is 0.883. The van der Waals surface area contributed by atoms with Gasteiger partial charge in [-0.25, -0.2) is 0 Å². The highest BCUT2D eigenvalue weighted by Crippen LogP contribution is 2.20. The molecule has 3 nitrogen and oxygen atoms in total. The third-order valence-electron chi connectivity index (χ3n) is 3.12. The van der Waals surface area contributed by atoms with Crippen molar-refractivity contribution in [2.45, 2.75) is 32.4 Å². The summed E-state index contributed by atoms with van der Waals surface area (Å²) in [6.45, 7) is 5.51. The zero-order valence-corrected chi connectivity index (χ0v) is 9.90. The smallest absolute Gasteiger partial charge is 0.137 e. The molecule has 0 aromatic heterocycles. The molecule has 0 radical (unpaired) electrons. The van der Waals surface area contributed by atoms with E-state index in [-0.39, 0.29) is 12.1 Å². The van der Waals surface area contributed by atoms with Crippen LogP contribution in [-0.2, 0) is 4.74 Å². The van der Waals surface area contributed by atoms with Crippen LogP contribution in [0.25, 0.3) is 0 Å². The van der Waals surface area contributed by atoms with Crippen LogP contribution in [0, 0.1) is 13.8 Å². The van der Waals surface area contributed by atoms with Crippen molar-refractivity contribution in [1.82, 2.24) is 0 Å². The molecule has 1 saturated heterocycles. The first kappa shape index (κ1) is 11.4. The van der Waals surface area contributed by atoms with E-state index in [1.165, 1.54) is 11.1 Å². The van der Waals surface area contributed by atoms with Crippen LogP contribution in [0.15, 0.2) is 18.2 Å². The predicted molar refractivity (Wildman–Crippen MR) is 63.7 cm³/mol. The lowest BCUT2D eigenvalue weighted by Crippen LogP contribution is -2.46. The van der Waals surface area contributed by atoms with E-state index in [1.54, 1.807) is 0 Å². The molecule has 1 aromatic carbocycles.